The van der Waals surface area contributed by atoms with Crippen LogP contribution < -0.4 is 15.4 Å². The van der Waals surface area contributed by atoms with Crippen molar-refractivity contribution in [2.45, 2.75) is 25.5 Å². The zero-order valence-electron chi connectivity index (χ0n) is 15.2. The van der Waals surface area contributed by atoms with Crippen LogP contribution in [0.5, 0.6) is 5.75 Å². The van der Waals surface area contributed by atoms with Gasteiger partial charge < -0.3 is 20.5 Å². The number of aliphatic hydroxyl groups excluding tert-OH is 1. The first kappa shape index (κ1) is 21.8. The predicted octanol–water partition coefficient (Wildman–Crippen LogP) is 4.07. The summed E-state index contributed by atoms with van der Waals surface area (Å²) in [6.07, 6.45) is 0.157. The molecule has 27 heavy (non-hydrogen) atoms. The summed E-state index contributed by atoms with van der Waals surface area (Å²) in [4.78, 5) is 4.55. The topological polar surface area (TPSA) is 65.9 Å². The number of guanidine groups is 1. The minimum absolute atomic E-state index is 0. The first-order chi connectivity index (χ1) is 12.7. The number of ether oxygens (including phenoxy) is 1. The summed E-state index contributed by atoms with van der Waals surface area (Å²) in [7, 11) is 0. The smallest absolute Gasteiger partial charge is 0.191 e. The number of aliphatic imine (C=N–C) groups is 1. The average Bonchev–Trinajstić information content (AvgIpc) is 2.66. The quantitative estimate of drug-likeness (QED) is 0.328. The molecule has 2 unspecified atom stereocenters. The molecule has 0 aromatic heterocycles. The van der Waals surface area contributed by atoms with Crippen LogP contribution in [0.25, 0.3) is 0 Å². The number of halogens is 2. The number of rotatable bonds is 5. The van der Waals surface area contributed by atoms with Gasteiger partial charge in [-0.25, -0.2) is 0 Å². The van der Waals surface area contributed by atoms with Crippen LogP contribution in [0.4, 0.5) is 0 Å². The van der Waals surface area contributed by atoms with E-state index in [-0.39, 0.29) is 36.6 Å². The molecule has 0 spiro atoms. The molecule has 3 N–H and O–H groups in total. The molecule has 0 fully saturated rings. The number of benzene rings is 2. The van der Waals surface area contributed by atoms with Gasteiger partial charge in [-0.2, -0.15) is 0 Å². The van der Waals surface area contributed by atoms with E-state index in [4.69, 9.17) is 16.3 Å². The fourth-order valence-corrected chi connectivity index (χ4v) is 3.17. The Balaban J connectivity index is 0.00000261. The largest absolute Gasteiger partial charge is 0.493 e. The number of nitrogens with zero attached hydrogens (tertiary/aromatic N) is 1. The molecule has 0 saturated carbocycles. The van der Waals surface area contributed by atoms with Crippen molar-refractivity contribution in [2.75, 3.05) is 19.7 Å². The minimum atomic E-state index is -0.703. The van der Waals surface area contributed by atoms with Crippen LogP contribution in [0.15, 0.2) is 53.5 Å². The van der Waals surface area contributed by atoms with Crippen LogP contribution in [0.3, 0.4) is 0 Å². The van der Waals surface area contributed by atoms with Gasteiger partial charge in [0.1, 0.15) is 5.75 Å². The van der Waals surface area contributed by atoms with Gasteiger partial charge in [-0.15, -0.1) is 24.0 Å². The standard InChI is InChI=1S/C20H24ClN3O2.HI/c1-2-22-20(23-13-18(25)14-6-5-7-15(21)12-14)24-17-10-11-26-19-9-4-3-8-16(17)19;/h3-9,12,17-18,25H,2,10-11,13H2,1H3,(H2,22,23,24);1H. The highest BCUT2D eigenvalue weighted by atomic mass is 127. The summed E-state index contributed by atoms with van der Waals surface area (Å²) < 4.78 is 5.71. The fraction of sp³-hybridized carbons (Fsp3) is 0.350. The zero-order chi connectivity index (χ0) is 18.4. The van der Waals surface area contributed by atoms with Crippen molar-refractivity contribution in [3.05, 3.63) is 64.7 Å². The van der Waals surface area contributed by atoms with E-state index in [0.29, 0.717) is 17.6 Å². The molecule has 1 heterocycles. The molecule has 0 aliphatic carbocycles. The zero-order valence-corrected chi connectivity index (χ0v) is 18.3. The van der Waals surface area contributed by atoms with E-state index in [9.17, 15) is 5.11 Å². The Labute approximate surface area is 182 Å². The van der Waals surface area contributed by atoms with Gasteiger partial charge >= 0.3 is 0 Å². The third kappa shape index (κ3) is 5.99. The molecule has 7 heteroatoms. The number of hydrogen-bond acceptors (Lipinski definition) is 3. The van der Waals surface area contributed by atoms with Crippen LogP contribution in [0, 0.1) is 0 Å². The predicted molar refractivity (Wildman–Crippen MR) is 120 cm³/mol. The molecule has 0 radical (unpaired) electrons. The molecule has 3 rings (SSSR count). The number of para-hydroxylation sites is 1. The van der Waals surface area contributed by atoms with Gasteiger partial charge in [-0.3, -0.25) is 4.99 Å². The van der Waals surface area contributed by atoms with Gasteiger partial charge in [0.2, 0.25) is 0 Å². The Hall–Kier alpha value is -1.51. The second-order valence-electron chi connectivity index (χ2n) is 6.16. The first-order valence-corrected chi connectivity index (χ1v) is 9.25. The fourth-order valence-electron chi connectivity index (χ4n) is 2.97. The first-order valence-electron chi connectivity index (χ1n) is 8.87. The lowest BCUT2D eigenvalue weighted by Gasteiger charge is -2.28. The van der Waals surface area contributed by atoms with Gasteiger partial charge in [-0.05, 0) is 30.7 Å². The van der Waals surface area contributed by atoms with Gasteiger partial charge in [0, 0.05) is 23.6 Å². The number of nitrogens with one attached hydrogen (secondary N) is 2. The molecule has 0 bridgehead atoms. The van der Waals surface area contributed by atoms with E-state index in [0.717, 1.165) is 29.8 Å². The van der Waals surface area contributed by atoms with Crippen LogP contribution in [-0.4, -0.2) is 30.8 Å². The molecule has 146 valence electrons. The highest BCUT2D eigenvalue weighted by Crippen LogP contribution is 2.31. The van der Waals surface area contributed by atoms with Crippen molar-refractivity contribution in [2.24, 2.45) is 4.99 Å². The van der Waals surface area contributed by atoms with Crippen LogP contribution in [0.1, 0.15) is 36.6 Å². The Kier molecular flexibility index (Phi) is 8.66. The van der Waals surface area contributed by atoms with E-state index >= 15 is 0 Å². The third-order valence-electron chi connectivity index (χ3n) is 4.27. The van der Waals surface area contributed by atoms with Crippen molar-refractivity contribution in [3.8, 4) is 5.75 Å². The molecule has 1 aliphatic rings. The van der Waals surface area contributed by atoms with E-state index in [1.165, 1.54) is 0 Å². The third-order valence-corrected chi connectivity index (χ3v) is 4.50. The Morgan fingerprint density at radius 1 is 1.30 bits per heavy atom. The summed E-state index contributed by atoms with van der Waals surface area (Å²) in [5.74, 6) is 1.58. The van der Waals surface area contributed by atoms with Crippen LogP contribution in [-0.2, 0) is 0 Å². The SMILES string of the molecule is CCNC(=NCC(O)c1cccc(Cl)c1)NC1CCOc2ccccc21.I. The van der Waals surface area contributed by atoms with Crippen LogP contribution >= 0.6 is 35.6 Å². The maximum absolute atomic E-state index is 10.4. The number of fused-ring (bicyclic) bond motifs is 1. The van der Waals surface area contributed by atoms with Crippen LogP contribution in [0.2, 0.25) is 5.02 Å². The van der Waals surface area contributed by atoms with E-state index in [2.05, 4.69) is 21.7 Å². The van der Waals surface area contributed by atoms with Crippen molar-refractivity contribution in [1.82, 2.24) is 10.6 Å². The Morgan fingerprint density at radius 3 is 2.89 bits per heavy atom. The highest BCUT2D eigenvalue weighted by Gasteiger charge is 2.22. The van der Waals surface area contributed by atoms with Gasteiger partial charge in [0.25, 0.3) is 0 Å². The van der Waals surface area contributed by atoms with Crippen molar-refractivity contribution in [1.29, 1.82) is 0 Å². The molecule has 2 aromatic carbocycles. The van der Waals surface area contributed by atoms with E-state index < -0.39 is 6.10 Å². The summed E-state index contributed by atoms with van der Waals surface area (Å²) >= 11 is 5.99. The molecular formula is C20H25ClIN3O2. The Morgan fingerprint density at radius 2 is 2.11 bits per heavy atom. The number of hydrogen-bond donors (Lipinski definition) is 3. The molecule has 2 aromatic rings. The molecule has 1 aliphatic heterocycles. The van der Waals surface area contributed by atoms with Crippen molar-refractivity contribution < 1.29 is 9.84 Å². The Bertz CT molecular complexity index is 772. The molecule has 0 amide bonds. The summed E-state index contributed by atoms with van der Waals surface area (Å²) in [6.45, 7) is 3.67. The normalized spacial score (nSPS) is 17.1. The molecule has 5 nitrogen and oxygen atoms in total. The van der Waals surface area contributed by atoms with Crippen molar-refractivity contribution >= 4 is 41.5 Å². The van der Waals surface area contributed by atoms with Gasteiger partial charge in [-0.1, -0.05) is 41.9 Å². The highest BCUT2D eigenvalue weighted by molar-refractivity contribution is 14.0. The maximum Gasteiger partial charge on any atom is 0.191 e. The van der Waals surface area contributed by atoms with E-state index in [1.54, 1.807) is 12.1 Å². The molecular weight excluding hydrogens is 477 g/mol. The monoisotopic (exact) mass is 501 g/mol. The summed E-state index contributed by atoms with van der Waals surface area (Å²) in [6, 6.07) is 15.4. The van der Waals surface area contributed by atoms with Gasteiger partial charge in [0.15, 0.2) is 5.96 Å². The summed E-state index contributed by atoms with van der Waals surface area (Å²) in [5.41, 5.74) is 1.88. The lowest BCUT2D eigenvalue weighted by atomic mass is 10.0. The lowest BCUT2D eigenvalue weighted by Crippen LogP contribution is -2.41. The average molecular weight is 502 g/mol. The minimum Gasteiger partial charge on any atom is -0.493 e. The maximum atomic E-state index is 10.4. The summed E-state index contributed by atoms with van der Waals surface area (Å²) in [5, 5.41) is 17.7. The molecule has 2 atom stereocenters. The lowest BCUT2D eigenvalue weighted by molar-refractivity contribution is 0.187. The van der Waals surface area contributed by atoms with Gasteiger partial charge in [0.05, 0.1) is 25.3 Å². The number of aliphatic hydroxyl groups is 1. The second-order valence-corrected chi connectivity index (χ2v) is 6.60. The molecule has 0 saturated heterocycles. The van der Waals surface area contributed by atoms with Crippen molar-refractivity contribution in [3.63, 3.8) is 0 Å². The van der Waals surface area contributed by atoms with E-state index in [1.807, 2.05) is 37.3 Å². The second kappa shape index (κ2) is 10.7.